The summed E-state index contributed by atoms with van der Waals surface area (Å²) in [5.41, 5.74) is -0.779. The Balaban J connectivity index is 2.24. The molecule has 2 aliphatic heterocycles. The lowest BCUT2D eigenvalue weighted by molar-refractivity contribution is -0.145. The van der Waals surface area contributed by atoms with E-state index in [1.165, 1.54) is 0 Å². The highest BCUT2D eigenvalue weighted by Gasteiger charge is 2.51. The summed E-state index contributed by atoms with van der Waals surface area (Å²) < 4.78 is 5.54. The molecule has 1 spiro atoms. The molecule has 0 bridgehead atoms. The summed E-state index contributed by atoms with van der Waals surface area (Å²) in [5.74, 6) is -0.258. The van der Waals surface area contributed by atoms with Crippen LogP contribution in [-0.4, -0.2) is 24.0 Å². The Hall–Kier alpha value is -0.900. The van der Waals surface area contributed by atoms with Gasteiger partial charge in [0.15, 0.2) is 0 Å². The van der Waals surface area contributed by atoms with Crippen LogP contribution in [0.3, 0.4) is 0 Å². The summed E-state index contributed by atoms with van der Waals surface area (Å²) in [6, 6.07) is 0. The zero-order valence-corrected chi connectivity index (χ0v) is 8.55. The monoisotopic (exact) mass is 197 g/mol. The Labute approximate surface area is 83.0 Å². The maximum atomic E-state index is 11.7. The molecule has 0 radical (unpaired) electrons. The number of ether oxygens (including phenoxy) is 1. The zero-order chi connectivity index (χ0) is 10.4. The largest absolute Gasteiger partial charge is 0.376 e. The van der Waals surface area contributed by atoms with Crippen LogP contribution in [0.4, 0.5) is 0 Å². The van der Waals surface area contributed by atoms with Crippen LogP contribution in [0.25, 0.3) is 0 Å². The first kappa shape index (κ1) is 9.65. The third kappa shape index (κ3) is 1.43. The van der Waals surface area contributed by atoms with Gasteiger partial charge in [0.05, 0.1) is 11.0 Å². The van der Waals surface area contributed by atoms with Crippen LogP contribution >= 0.6 is 0 Å². The normalized spacial score (nSPS) is 36.1. The quantitative estimate of drug-likeness (QED) is 0.579. The van der Waals surface area contributed by atoms with E-state index in [1.54, 1.807) is 0 Å². The Morgan fingerprint density at radius 3 is 2.57 bits per heavy atom. The van der Waals surface area contributed by atoms with Gasteiger partial charge in [-0.05, 0) is 26.7 Å². The van der Waals surface area contributed by atoms with E-state index in [0.717, 1.165) is 0 Å². The average Bonchev–Trinajstić information content (AvgIpc) is 2.24. The predicted octanol–water partition coefficient (Wildman–Crippen LogP) is 0.608. The third-order valence-electron chi connectivity index (χ3n) is 3.07. The number of hydrogen-bond acceptors (Lipinski definition) is 3. The Morgan fingerprint density at radius 1 is 1.36 bits per heavy atom. The summed E-state index contributed by atoms with van der Waals surface area (Å²) in [4.78, 5) is 22.8. The molecule has 0 aromatic heterocycles. The summed E-state index contributed by atoms with van der Waals surface area (Å²) in [6.45, 7) is 4.49. The molecular weight excluding hydrogens is 182 g/mol. The molecule has 2 saturated heterocycles. The Bertz CT molecular complexity index is 298. The molecule has 2 fully saturated rings. The number of imide groups is 1. The molecule has 2 heterocycles. The van der Waals surface area contributed by atoms with E-state index in [1.807, 2.05) is 13.8 Å². The average molecular weight is 197 g/mol. The number of carbonyl (C=O) groups is 2. The van der Waals surface area contributed by atoms with Gasteiger partial charge in [-0.15, -0.1) is 0 Å². The van der Waals surface area contributed by atoms with Crippen molar-refractivity contribution in [2.75, 3.05) is 6.61 Å². The van der Waals surface area contributed by atoms with E-state index >= 15 is 0 Å². The van der Waals surface area contributed by atoms with Crippen LogP contribution < -0.4 is 5.32 Å². The summed E-state index contributed by atoms with van der Waals surface area (Å²) in [5, 5.41) is 2.38. The Morgan fingerprint density at radius 2 is 2.07 bits per heavy atom. The first-order chi connectivity index (χ1) is 6.44. The highest BCUT2D eigenvalue weighted by atomic mass is 16.5. The van der Waals surface area contributed by atoms with Gasteiger partial charge in [0.1, 0.15) is 0 Å². The molecule has 0 aliphatic carbocycles. The number of nitrogens with one attached hydrogen (secondary N) is 1. The highest BCUT2D eigenvalue weighted by Crippen LogP contribution is 2.43. The van der Waals surface area contributed by atoms with Crippen LogP contribution in [-0.2, 0) is 14.3 Å². The van der Waals surface area contributed by atoms with Gasteiger partial charge in [-0.1, -0.05) is 0 Å². The van der Waals surface area contributed by atoms with E-state index in [9.17, 15) is 9.59 Å². The second kappa shape index (κ2) is 2.79. The lowest BCUT2D eigenvalue weighted by atomic mass is 9.73. The Kier molecular flexibility index (Phi) is 1.93. The minimum atomic E-state index is -0.487. The van der Waals surface area contributed by atoms with Gasteiger partial charge in [0.2, 0.25) is 11.8 Å². The molecule has 1 unspecified atom stereocenters. The summed E-state index contributed by atoms with van der Waals surface area (Å²) >= 11 is 0. The highest BCUT2D eigenvalue weighted by molar-refractivity contribution is 6.05. The van der Waals surface area contributed by atoms with Crippen molar-refractivity contribution in [1.82, 2.24) is 5.32 Å². The predicted molar refractivity (Wildman–Crippen MR) is 49.5 cm³/mol. The lowest BCUT2D eigenvalue weighted by Gasteiger charge is -2.40. The fraction of sp³-hybridized carbons (Fsp3) is 0.800. The van der Waals surface area contributed by atoms with E-state index < -0.39 is 5.41 Å². The van der Waals surface area contributed by atoms with Crippen LogP contribution in [0.2, 0.25) is 0 Å². The van der Waals surface area contributed by atoms with E-state index in [4.69, 9.17) is 4.74 Å². The van der Waals surface area contributed by atoms with Gasteiger partial charge >= 0.3 is 0 Å². The van der Waals surface area contributed by atoms with Gasteiger partial charge < -0.3 is 4.74 Å². The first-order valence-electron chi connectivity index (χ1n) is 4.92. The third-order valence-corrected chi connectivity index (χ3v) is 3.07. The first-order valence-corrected chi connectivity index (χ1v) is 4.92. The van der Waals surface area contributed by atoms with Gasteiger partial charge in [-0.3, -0.25) is 14.9 Å². The van der Waals surface area contributed by atoms with Crippen molar-refractivity contribution in [3.63, 3.8) is 0 Å². The number of amides is 2. The molecule has 78 valence electrons. The molecule has 1 N–H and O–H groups in total. The second-order valence-corrected chi connectivity index (χ2v) is 4.87. The second-order valence-electron chi connectivity index (χ2n) is 4.87. The van der Waals surface area contributed by atoms with Crippen molar-refractivity contribution in [3.8, 4) is 0 Å². The van der Waals surface area contributed by atoms with Crippen LogP contribution in [0.5, 0.6) is 0 Å². The zero-order valence-electron chi connectivity index (χ0n) is 8.55. The maximum absolute atomic E-state index is 11.7. The fourth-order valence-corrected chi connectivity index (χ4v) is 2.51. The smallest absolute Gasteiger partial charge is 0.233 e. The molecule has 2 amide bonds. The molecule has 14 heavy (non-hydrogen) atoms. The molecular formula is C10H15NO3. The van der Waals surface area contributed by atoms with Crippen molar-refractivity contribution < 1.29 is 14.3 Å². The molecule has 0 saturated carbocycles. The topological polar surface area (TPSA) is 55.4 Å². The molecule has 4 heteroatoms. The van der Waals surface area contributed by atoms with Crippen molar-refractivity contribution >= 4 is 11.8 Å². The van der Waals surface area contributed by atoms with Gasteiger partial charge in [0, 0.05) is 13.0 Å². The van der Waals surface area contributed by atoms with Gasteiger partial charge in [0.25, 0.3) is 0 Å². The van der Waals surface area contributed by atoms with Crippen LogP contribution in [0, 0.1) is 5.41 Å². The summed E-state index contributed by atoms with van der Waals surface area (Å²) in [7, 11) is 0. The molecule has 0 aromatic carbocycles. The van der Waals surface area contributed by atoms with E-state index in [0.29, 0.717) is 25.9 Å². The van der Waals surface area contributed by atoms with Gasteiger partial charge in [-0.2, -0.15) is 0 Å². The molecule has 0 aromatic rings. The number of carbonyl (C=O) groups excluding carboxylic acids is 2. The van der Waals surface area contributed by atoms with Crippen molar-refractivity contribution in [2.24, 2.45) is 5.41 Å². The summed E-state index contributed by atoms with van der Waals surface area (Å²) in [6.07, 6.45) is 1.63. The fourth-order valence-electron chi connectivity index (χ4n) is 2.51. The molecule has 1 atom stereocenters. The van der Waals surface area contributed by atoms with E-state index in [2.05, 4.69) is 5.32 Å². The number of hydrogen-bond donors (Lipinski definition) is 1. The lowest BCUT2D eigenvalue weighted by Crippen LogP contribution is -2.45. The van der Waals surface area contributed by atoms with Crippen LogP contribution in [0.15, 0.2) is 0 Å². The standard InChI is InChI=1S/C10H15NO3/c1-9(2)6-10(3-4-14-9)5-7(12)11-8(10)13/h3-6H2,1-2H3,(H,11,12,13). The molecule has 4 nitrogen and oxygen atoms in total. The van der Waals surface area contributed by atoms with Crippen molar-refractivity contribution in [1.29, 1.82) is 0 Å². The van der Waals surface area contributed by atoms with Crippen LogP contribution in [0.1, 0.15) is 33.1 Å². The maximum Gasteiger partial charge on any atom is 0.233 e. The van der Waals surface area contributed by atoms with Crippen molar-refractivity contribution in [2.45, 2.75) is 38.7 Å². The molecule has 2 rings (SSSR count). The minimum absolute atomic E-state index is 0.112. The SMILES string of the molecule is CC1(C)CC2(CCO1)CC(=O)NC2=O. The van der Waals surface area contributed by atoms with Crippen molar-refractivity contribution in [3.05, 3.63) is 0 Å². The molecule has 2 aliphatic rings. The van der Waals surface area contributed by atoms with E-state index in [-0.39, 0.29) is 17.4 Å². The number of rotatable bonds is 0. The van der Waals surface area contributed by atoms with Gasteiger partial charge in [-0.25, -0.2) is 0 Å². The minimum Gasteiger partial charge on any atom is -0.376 e.